The number of unbranched alkanes of at least 4 members (excludes halogenated alkanes) is 1. The van der Waals surface area contributed by atoms with Crippen molar-refractivity contribution in [1.29, 1.82) is 0 Å². The van der Waals surface area contributed by atoms with Gasteiger partial charge in [-0.05, 0) is 25.8 Å². The van der Waals surface area contributed by atoms with Gasteiger partial charge >= 0.3 is 5.97 Å². The van der Waals surface area contributed by atoms with Gasteiger partial charge in [0.05, 0.1) is 6.04 Å². The fourth-order valence-electron chi connectivity index (χ4n) is 2.30. The summed E-state index contributed by atoms with van der Waals surface area (Å²) in [6.07, 6.45) is 3.95. The van der Waals surface area contributed by atoms with E-state index in [4.69, 9.17) is 10.8 Å². The minimum absolute atomic E-state index is 0.391. The van der Waals surface area contributed by atoms with Crippen LogP contribution in [0.5, 0.6) is 0 Å². The average Bonchev–Trinajstić information content (AvgIpc) is 2.66. The monoisotopic (exact) mass is 228 g/mol. The maximum Gasteiger partial charge on any atom is 0.320 e. The van der Waals surface area contributed by atoms with Crippen LogP contribution in [0.25, 0.3) is 0 Å². The number of hydrogen-bond acceptors (Lipinski definition) is 3. The van der Waals surface area contributed by atoms with E-state index in [0.717, 1.165) is 19.3 Å². The topological polar surface area (TPSA) is 83.6 Å². The van der Waals surface area contributed by atoms with Crippen LogP contribution in [0.1, 0.15) is 39.0 Å². The summed E-state index contributed by atoms with van der Waals surface area (Å²) in [4.78, 5) is 24.1. The largest absolute Gasteiger partial charge is 0.480 e. The summed E-state index contributed by atoms with van der Waals surface area (Å²) >= 11 is 0. The van der Waals surface area contributed by atoms with Crippen LogP contribution in [-0.4, -0.2) is 40.5 Å². The molecule has 2 atom stereocenters. The van der Waals surface area contributed by atoms with Gasteiger partial charge in [-0.25, -0.2) is 0 Å². The molecule has 0 aromatic carbocycles. The number of carboxylic acids is 1. The predicted octanol–water partition coefficient (Wildman–Crippen LogP) is 0.579. The van der Waals surface area contributed by atoms with Crippen molar-refractivity contribution in [2.24, 2.45) is 5.73 Å². The summed E-state index contributed by atoms with van der Waals surface area (Å²) in [5.41, 5.74) is 5.28. The van der Waals surface area contributed by atoms with Crippen molar-refractivity contribution in [2.45, 2.75) is 51.1 Å². The van der Waals surface area contributed by atoms with Crippen molar-refractivity contribution in [1.82, 2.24) is 4.90 Å². The molecule has 0 saturated carbocycles. The van der Waals surface area contributed by atoms with E-state index >= 15 is 0 Å². The molecule has 92 valence electrons. The number of carbonyl (C=O) groups excluding carboxylic acids is 1. The molecule has 3 N–H and O–H groups in total. The molecule has 2 unspecified atom stereocenters. The second-order valence-corrected chi connectivity index (χ2v) is 4.29. The molecule has 5 heteroatoms. The Morgan fingerprint density at radius 3 is 2.75 bits per heavy atom. The highest BCUT2D eigenvalue weighted by molar-refractivity contribution is 5.82. The highest BCUT2D eigenvalue weighted by Crippen LogP contribution is 2.22. The number of carbonyl (C=O) groups is 2. The third-order valence-electron chi connectivity index (χ3n) is 3.14. The SMILES string of the molecule is CCCCC(C(=O)O)N1CCCC1C(N)=O. The van der Waals surface area contributed by atoms with Crippen LogP contribution in [0.4, 0.5) is 0 Å². The zero-order valence-electron chi connectivity index (χ0n) is 9.69. The van der Waals surface area contributed by atoms with E-state index in [1.54, 1.807) is 4.90 Å². The lowest BCUT2D eigenvalue weighted by Gasteiger charge is -2.28. The van der Waals surface area contributed by atoms with Crippen LogP contribution in [0.3, 0.4) is 0 Å². The number of carboxylic acid groups (broad SMARTS) is 1. The lowest BCUT2D eigenvalue weighted by Crippen LogP contribution is -2.49. The Kier molecular flexibility index (Phi) is 4.73. The Labute approximate surface area is 95.6 Å². The van der Waals surface area contributed by atoms with Crippen LogP contribution in [0, 0.1) is 0 Å². The zero-order valence-corrected chi connectivity index (χ0v) is 9.69. The van der Waals surface area contributed by atoms with Crippen molar-refractivity contribution in [2.75, 3.05) is 6.54 Å². The van der Waals surface area contributed by atoms with E-state index in [1.165, 1.54) is 0 Å². The van der Waals surface area contributed by atoms with Crippen molar-refractivity contribution >= 4 is 11.9 Å². The first kappa shape index (κ1) is 13.0. The Morgan fingerprint density at radius 2 is 2.25 bits per heavy atom. The van der Waals surface area contributed by atoms with Gasteiger partial charge in [0.25, 0.3) is 0 Å². The molecule has 5 nitrogen and oxygen atoms in total. The number of primary amides is 1. The number of nitrogens with two attached hydrogens (primary N) is 1. The number of likely N-dealkylation sites (tertiary alicyclic amines) is 1. The maximum absolute atomic E-state index is 11.2. The summed E-state index contributed by atoms with van der Waals surface area (Å²) in [6.45, 7) is 2.68. The standard InChI is InChI=1S/C11H20N2O3/c1-2-3-5-9(11(15)16)13-7-4-6-8(13)10(12)14/h8-9H,2-7H2,1H3,(H2,12,14)(H,15,16). The molecular weight excluding hydrogens is 208 g/mol. The van der Waals surface area contributed by atoms with Gasteiger partial charge in [0.1, 0.15) is 6.04 Å². The Hall–Kier alpha value is -1.10. The molecule has 0 aromatic heterocycles. The Bertz CT molecular complexity index is 268. The van der Waals surface area contributed by atoms with Crippen LogP contribution < -0.4 is 5.73 Å². The summed E-state index contributed by atoms with van der Waals surface area (Å²) in [6, 6.07) is -0.946. The van der Waals surface area contributed by atoms with E-state index in [1.807, 2.05) is 6.92 Å². The van der Waals surface area contributed by atoms with Crippen LogP contribution in [0.15, 0.2) is 0 Å². The third kappa shape index (κ3) is 2.95. The molecule has 0 bridgehead atoms. The lowest BCUT2D eigenvalue weighted by atomic mass is 10.1. The molecule has 1 aliphatic heterocycles. The van der Waals surface area contributed by atoms with Gasteiger partial charge in [-0.3, -0.25) is 14.5 Å². The van der Waals surface area contributed by atoms with Gasteiger partial charge in [0.2, 0.25) is 5.91 Å². The van der Waals surface area contributed by atoms with E-state index in [9.17, 15) is 9.59 Å². The quantitative estimate of drug-likeness (QED) is 0.696. The minimum atomic E-state index is -0.846. The molecule has 1 fully saturated rings. The molecule has 16 heavy (non-hydrogen) atoms. The molecule has 1 rings (SSSR count). The normalized spacial score (nSPS) is 23.2. The predicted molar refractivity (Wildman–Crippen MR) is 59.9 cm³/mol. The second kappa shape index (κ2) is 5.84. The molecule has 1 heterocycles. The molecule has 0 radical (unpaired) electrons. The number of aliphatic carboxylic acids is 1. The number of hydrogen-bond donors (Lipinski definition) is 2. The number of nitrogens with zero attached hydrogens (tertiary/aromatic N) is 1. The van der Waals surface area contributed by atoms with Crippen molar-refractivity contribution in [3.05, 3.63) is 0 Å². The van der Waals surface area contributed by atoms with Crippen molar-refractivity contribution in [3.8, 4) is 0 Å². The van der Waals surface area contributed by atoms with E-state index in [2.05, 4.69) is 0 Å². The number of amides is 1. The first-order valence-electron chi connectivity index (χ1n) is 5.85. The zero-order chi connectivity index (χ0) is 12.1. The third-order valence-corrected chi connectivity index (χ3v) is 3.14. The second-order valence-electron chi connectivity index (χ2n) is 4.29. The highest BCUT2D eigenvalue weighted by atomic mass is 16.4. The Morgan fingerprint density at radius 1 is 1.56 bits per heavy atom. The fourth-order valence-corrected chi connectivity index (χ4v) is 2.30. The van der Waals surface area contributed by atoms with Gasteiger partial charge in [0.15, 0.2) is 0 Å². The average molecular weight is 228 g/mol. The van der Waals surface area contributed by atoms with Gasteiger partial charge in [0, 0.05) is 0 Å². The number of rotatable bonds is 6. The maximum atomic E-state index is 11.2. The van der Waals surface area contributed by atoms with Crippen LogP contribution in [-0.2, 0) is 9.59 Å². The van der Waals surface area contributed by atoms with Gasteiger partial charge in [-0.1, -0.05) is 19.8 Å². The molecule has 0 aromatic rings. The van der Waals surface area contributed by atoms with Gasteiger partial charge in [-0.2, -0.15) is 0 Å². The molecular formula is C11H20N2O3. The molecule has 0 spiro atoms. The lowest BCUT2D eigenvalue weighted by molar-refractivity contribution is -0.144. The smallest absolute Gasteiger partial charge is 0.320 e. The van der Waals surface area contributed by atoms with Crippen LogP contribution in [0.2, 0.25) is 0 Å². The summed E-state index contributed by atoms with van der Waals surface area (Å²) < 4.78 is 0. The van der Waals surface area contributed by atoms with Crippen LogP contribution >= 0.6 is 0 Å². The first-order valence-corrected chi connectivity index (χ1v) is 5.85. The fraction of sp³-hybridized carbons (Fsp3) is 0.818. The Balaban J connectivity index is 2.69. The first-order chi connectivity index (χ1) is 7.57. The van der Waals surface area contributed by atoms with Crippen molar-refractivity contribution < 1.29 is 14.7 Å². The summed E-state index contributed by atoms with van der Waals surface area (Å²) in [7, 11) is 0. The minimum Gasteiger partial charge on any atom is -0.480 e. The molecule has 0 aliphatic carbocycles. The molecule has 1 amide bonds. The highest BCUT2D eigenvalue weighted by Gasteiger charge is 2.36. The van der Waals surface area contributed by atoms with E-state index < -0.39 is 24.0 Å². The van der Waals surface area contributed by atoms with Gasteiger partial charge < -0.3 is 10.8 Å². The van der Waals surface area contributed by atoms with Crippen molar-refractivity contribution in [3.63, 3.8) is 0 Å². The molecule has 1 aliphatic rings. The van der Waals surface area contributed by atoms with E-state index in [-0.39, 0.29) is 0 Å². The van der Waals surface area contributed by atoms with E-state index in [0.29, 0.717) is 19.4 Å². The summed E-state index contributed by atoms with van der Waals surface area (Å²) in [5, 5.41) is 9.17. The summed E-state index contributed by atoms with van der Waals surface area (Å²) in [5.74, 6) is -1.25. The molecule has 1 saturated heterocycles. The van der Waals surface area contributed by atoms with Gasteiger partial charge in [-0.15, -0.1) is 0 Å².